The molecule has 3 aliphatic rings. The van der Waals surface area contributed by atoms with Gasteiger partial charge in [-0.15, -0.1) is 0 Å². The summed E-state index contributed by atoms with van der Waals surface area (Å²) in [6.07, 6.45) is 7.33. The molecule has 0 radical (unpaired) electrons. The van der Waals surface area contributed by atoms with E-state index in [0.717, 1.165) is 79.3 Å². The fraction of sp³-hybridized carbons (Fsp3) is 0.423. The van der Waals surface area contributed by atoms with E-state index in [1.54, 1.807) is 0 Å². The van der Waals surface area contributed by atoms with E-state index in [4.69, 9.17) is 0 Å². The molecule has 3 aliphatic heterocycles. The molecule has 3 N–H and O–H groups in total. The summed E-state index contributed by atoms with van der Waals surface area (Å²) >= 11 is 0. The van der Waals surface area contributed by atoms with Crippen LogP contribution in [0.2, 0.25) is 0 Å². The number of rotatable bonds is 4. The lowest BCUT2D eigenvalue weighted by Gasteiger charge is -2.31. The Morgan fingerprint density at radius 2 is 1.91 bits per heavy atom. The fourth-order valence-corrected chi connectivity index (χ4v) is 5.41. The number of aliphatic hydroxyl groups excluding tert-OH is 1. The van der Waals surface area contributed by atoms with Gasteiger partial charge in [0.05, 0.1) is 41.1 Å². The van der Waals surface area contributed by atoms with Crippen molar-refractivity contribution in [3.05, 3.63) is 53.6 Å². The van der Waals surface area contributed by atoms with Crippen LogP contribution in [0.15, 0.2) is 36.7 Å². The van der Waals surface area contributed by atoms with E-state index in [2.05, 4.69) is 43.1 Å². The number of hydrogen-bond acceptors (Lipinski definition) is 6. The van der Waals surface area contributed by atoms with E-state index in [9.17, 15) is 9.90 Å². The van der Waals surface area contributed by atoms with Crippen LogP contribution in [0, 0.1) is 5.92 Å². The van der Waals surface area contributed by atoms with E-state index in [1.807, 2.05) is 30.6 Å². The Labute approximate surface area is 199 Å². The van der Waals surface area contributed by atoms with Gasteiger partial charge in [-0.25, -0.2) is 9.97 Å². The van der Waals surface area contributed by atoms with Crippen LogP contribution in [0.3, 0.4) is 0 Å². The summed E-state index contributed by atoms with van der Waals surface area (Å²) in [4.78, 5) is 24.3. The van der Waals surface area contributed by atoms with Crippen LogP contribution in [-0.4, -0.2) is 44.7 Å². The van der Waals surface area contributed by atoms with Gasteiger partial charge in [0.15, 0.2) is 0 Å². The maximum atomic E-state index is 12.8. The molecule has 1 atom stereocenters. The van der Waals surface area contributed by atoms with Gasteiger partial charge in [-0.3, -0.25) is 4.79 Å². The van der Waals surface area contributed by atoms with Gasteiger partial charge in [0.1, 0.15) is 11.6 Å². The lowest BCUT2D eigenvalue weighted by atomic mass is 9.97. The zero-order chi connectivity index (χ0) is 23.2. The lowest BCUT2D eigenvalue weighted by Crippen LogP contribution is -2.35. The maximum Gasteiger partial charge on any atom is 0.254 e. The zero-order valence-corrected chi connectivity index (χ0v) is 19.4. The average molecular weight is 459 g/mol. The number of carbonyl (C=O) groups is 1. The molecule has 8 heteroatoms. The molecular weight excluding hydrogens is 428 g/mol. The van der Waals surface area contributed by atoms with Crippen LogP contribution in [0.4, 0.5) is 17.2 Å². The van der Waals surface area contributed by atoms with Gasteiger partial charge in [-0.05, 0) is 48.9 Å². The molecule has 1 fully saturated rings. The van der Waals surface area contributed by atoms with Gasteiger partial charge in [-0.1, -0.05) is 13.0 Å². The molecule has 1 aromatic carbocycles. The molecule has 3 aromatic rings. The Morgan fingerprint density at radius 3 is 2.71 bits per heavy atom. The second kappa shape index (κ2) is 8.43. The summed E-state index contributed by atoms with van der Waals surface area (Å²) in [5.74, 6) is 2.43. The summed E-state index contributed by atoms with van der Waals surface area (Å²) in [5, 5.41) is 16.1. The largest absolute Gasteiger partial charge is 0.393 e. The Bertz CT molecular complexity index is 1230. The molecule has 0 bridgehead atoms. The topological polar surface area (TPSA) is 95.3 Å². The molecule has 0 saturated carbocycles. The summed E-state index contributed by atoms with van der Waals surface area (Å²) in [5.41, 5.74) is 5.68. The standard InChI is InChI=1S/C26H30N6O2/c1-16-6-11-32-22(15-28-24(32)12-16)19-3-4-21(25-20(19)14-29-26(25)34)30-23-5-2-17(13-27-23)31-9-7-18(33)8-10-31/h2-5,13,15-16,18,33H,6-12,14H2,1H3,(H,27,30)(H,29,34)/t16-/m0/s1. The molecule has 8 nitrogen and oxygen atoms in total. The van der Waals surface area contributed by atoms with E-state index >= 15 is 0 Å². The summed E-state index contributed by atoms with van der Waals surface area (Å²) < 4.78 is 2.31. The fourth-order valence-electron chi connectivity index (χ4n) is 5.41. The Morgan fingerprint density at radius 1 is 1.06 bits per heavy atom. The number of benzene rings is 1. The molecule has 1 amide bonds. The van der Waals surface area contributed by atoms with Crippen LogP contribution in [0.1, 0.15) is 47.9 Å². The van der Waals surface area contributed by atoms with Crippen molar-refractivity contribution >= 4 is 23.1 Å². The molecule has 34 heavy (non-hydrogen) atoms. The second-order valence-electron chi connectivity index (χ2n) is 9.75. The van der Waals surface area contributed by atoms with Crippen molar-refractivity contribution in [3.63, 3.8) is 0 Å². The number of aliphatic hydroxyl groups is 1. The first-order chi connectivity index (χ1) is 16.6. The molecule has 0 aliphatic carbocycles. The lowest BCUT2D eigenvalue weighted by molar-refractivity contribution is 0.0966. The molecule has 2 aromatic heterocycles. The quantitative estimate of drug-likeness (QED) is 0.554. The molecule has 1 saturated heterocycles. The van der Waals surface area contributed by atoms with Crippen molar-refractivity contribution < 1.29 is 9.90 Å². The average Bonchev–Trinajstić information content (AvgIpc) is 3.44. The SMILES string of the molecule is C[C@H]1CCn2c(-c3ccc(Nc4ccc(N5CCC(O)CC5)cn4)c4c3CNC4=O)cnc2C1. The number of amides is 1. The van der Waals surface area contributed by atoms with Crippen molar-refractivity contribution in [2.75, 3.05) is 23.3 Å². The Hall–Kier alpha value is -3.39. The number of nitrogens with one attached hydrogen (secondary N) is 2. The van der Waals surface area contributed by atoms with Crippen molar-refractivity contribution in [3.8, 4) is 11.3 Å². The van der Waals surface area contributed by atoms with Crippen molar-refractivity contribution in [1.29, 1.82) is 0 Å². The highest BCUT2D eigenvalue weighted by atomic mass is 16.3. The number of anilines is 3. The third-order valence-corrected chi connectivity index (χ3v) is 7.40. The van der Waals surface area contributed by atoms with Gasteiger partial charge >= 0.3 is 0 Å². The summed E-state index contributed by atoms with van der Waals surface area (Å²) in [7, 11) is 0. The molecule has 0 unspecified atom stereocenters. The van der Waals surface area contributed by atoms with Crippen LogP contribution in [0.5, 0.6) is 0 Å². The van der Waals surface area contributed by atoms with Gasteiger partial charge in [0, 0.05) is 38.2 Å². The molecule has 176 valence electrons. The Balaban J connectivity index is 1.28. The number of fused-ring (bicyclic) bond motifs is 2. The molecule has 6 rings (SSSR count). The van der Waals surface area contributed by atoms with Crippen molar-refractivity contribution in [1.82, 2.24) is 19.9 Å². The third kappa shape index (κ3) is 3.72. The zero-order valence-electron chi connectivity index (χ0n) is 19.4. The van der Waals surface area contributed by atoms with Crippen LogP contribution in [0.25, 0.3) is 11.3 Å². The first-order valence-electron chi connectivity index (χ1n) is 12.2. The molecule has 5 heterocycles. The van der Waals surface area contributed by atoms with E-state index in [1.165, 1.54) is 0 Å². The first-order valence-corrected chi connectivity index (χ1v) is 12.2. The highest BCUT2D eigenvalue weighted by Crippen LogP contribution is 2.37. The monoisotopic (exact) mass is 458 g/mol. The molecular formula is C26H30N6O2. The van der Waals surface area contributed by atoms with E-state index in [-0.39, 0.29) is 12.0 Å². The number of nitrogens with zero attached hydrogens (tertiary/aromatic N) is 4. The predicted octanol–water partition coefficient (Wildman–Crippen LogP) is 3.48. The van der Waals surface area contributed by atoms with Crippen molar-refractivity contribution in [2.24, 2.45) is 5.92 Å². The minimum absolute atomic E-state index is 0.0603. The third-order valence-electron chi connectivity index (χ3n) is 7.40. The number of carbonyl (C=O) groups excluding carboxylic acids is 1. The van der Waals surface area contributed by atoms with Crippen LogP contribution >= 0.6 is 0 Å². The van der Waals surface area contributed by atoms with Gasteiger partial charge in [0.2, 0.25) is 0 Å². The highest BCUT2D eigenvalue weighted by molar-refractivity contribution is 6.06. The predicted molar refractivity (Wildman–Crippen MR) is 131 cm³/mol. The number of imidazole rings is 1. The molecule has 0 spiro atoms. The minimum atomic E-state index is -0.196. The normalized spacial score (nSPS) is 20.1. The van der Waals surface area contributed by atoms with E-state index in [0.29, 0.717) is 23.8 Å². The van der Waals surface area contributed by atoms with Crippen LogP contribution in [-0.2, 0) is 19.5 Å². The number of aromatic nitrogens is 3. The van der Waals surface area contributed by atoms with Crippen molar-refractivity contribution in [2.45, 2.75) is 51.8 Å². The van der Waals surface area contributed by atoms with Crippen LogP contribution < -0.4 is 15.5 Å². The first kappa shape index (κ1) is 21.2. The Kier molecular flexibility index (Phi) is 5.25. The second-order valence-corrected chi connectivity index (χ2v) is 9.75. The summed E-state index contributed by atoms with van der Waals surface area (Å²) in [6.45, 7) is 5.43. The number of hydrogen-bond donors (Lipinski definition) is 3. The van der Waals surface area contributed by atoms with Gasteiger partial charge in [0.25, 0.3) is 5.91 Å². The summed E-state index contributed by atoms with van der Waals surface area (Å²) in [6, 6.07) is 8.06. The minimum Gasteiger partial charge on any atom is -0.393 e. The number of piperidine rings is 1. The highest BCUT2D eigenvalue weighted by Gasteiger charge is 2.29. The number of pyridine rings is 1. The van der Waals surface area contributed by atoms with E-state index < -0.39 is 0 Å². The maximum absolute atomic E-state index is 12.8. The van der Waals surface area contributed by atoms with Gasteiger partial charge < -0.3 is 25.2 Å². The van der Waals surface area contributed by atoms with Gasteiger partial charge in [-0.2, -0.15) is 0 Å². The smallest absolute Gasteiger partial charge is 0.254 e.